The summed E-state index contributed by atoms with van der Waals surface area (Å²) in [6.45, 7) is 1.98. The lowest BCUT2D eigenvalue weighted by molar-refractivity contribution is 0.102. The summed E-state index contributed by atoms with van der Waals surface area (Å²) in [6.07, 6.45) is 3.79. The van der Waals surface area contributed by atoms with E-state index in [2.05, 4.69) is 15.5 Å². The van der Waals surface area contributed by atoms with Crippen LogP contribution in [0.3, 0.4) is 0 Å². The molecule has 6 heteroatoms. The molecule has 0 aliphatic carbocycles. The average Bonchev–Trinajstić information content (AvgIpc) is 3.25. The third kappa shape index (κ3) is 4.07. The zero-order valence-electron chi connectivity index (χ0n) is 15.2. The first kappa shape index (κ1) is 17.5. The average molecular weight is 370 g/mol. The highest BCUT2D eigenvalue weighted by Crippen LogP contribution is 2.22. The number of anilines is 1. The third-order valence-electron chi connectivity index (χ3n) is 4.14. The molecule has 4 rings (SSSR count). The zero-order chi connectivity index (χ0) is 19.3. The molecule has 4 aromatic rings. The van der Waals surface area contributed by atoms with E-state index in [0.717, 1.165) is 5.56 Å². The predicted octanol–water partition coefficient (Wildman–Crippen LogP) is 4.62. The van der Waals surface area contributed by atoms with Gasteiger partial charge in [0.25, 0.3) is 5.91 Å². The summed E-state index contributed by atoms with van der Waals surface area (Å²) >= 11 is 0. The molecule has 0 fully saturated rings. The van der Waals surface area contributed by atoms with Crippen LogP contribution in [0.25, 0.3) is 5.82 Å². The maximum absolute atomic E-state index is 12.3. The minimum atomic E-state index is -0.153. The number of hydrogen-bond donors (Lipinski definition) is 1. The molecule has 1 amide bonds. The Hall–Kier alpha value is -3.93. The largest absolute Gasteiger partial charge is 0.438 e. The van der Waals surface area contributed by atoms with Crippen molar-refractivity contribution in [2.24, 2.45) is 0 Å². The fourth-order valence-corrected chi connectivity index (χ4v) is 2.63. The topological polar surface area (TPSA) is 69.0 Å². The van der Waals surface area contributed by atoms with E-state index in [1.54, 1.807) is 42.5 Å². The van der Waals surface area contributed by atoms with Crippen LogP contribution in [0.4, 0.5) is 5.69 Å². The number of hydrogen-bond acceptors (Lipinski definition) is 4. The van der Waals surface area contributed by atoms with Crippen molar-refractivity contribution in [2.75, 3.05) is 5.32 Å². The van der Waals surface area contributed by atoms with Gasteiger partial charge in [0.05, 0.1) is 0 Å². The van der Waals surface area contributed by atoms with E-state index >= 15 is 0 Å². The van der Waals surface area contributed by atoms with E-state index in [-0.39, 0.29) is 5.91 Å². The van der Waals surface area contributed by atoms with Crippen LogP contribution < -0.4 is 10.1 Å². The predicted molar refractivity (Wildman–Crippen MR) is 107 cm³/mol. The third-order valence-corrected chi connectivity index (χ3v) is 4.14. The minimum absolute atomic E-state index is 0.153. The quantitative estimate of drug-likeness (QED) is 0.556. The zero-order valence-corrected chi connectivity index (χ0v) is 15.2. The Labute approximate surface area is 162 Å². The molecule has 0 aliphatic heterocycles. The van der Waals surface area contributed by atoms with Gasteiger partial charge in [-0.1, -0.05) is 17.7 Å². The summed E-state index contributed by atoms with van der Waals surface area (Å²) in [5, 5.41) is 11.1. The molecule has 1 N–H and O–H groups in total. The number of nitrogens with zero attached hydrogens (tertiary/aromatic N) is 3. The second kappa shape index (κ2) is 7.75. The van der Waals surface area contributed by atoms with Gasteiger partial charge < -0.3 is 14.6 Å². The highest BCUT2D eigenvalue weighted by molar-refractivity contribution is 6.04. The molecule has 138 valence electrons. The van der Waals surface area contributed by atoms with E-state index in [4.69, 9.17) is 4.74 Å². The number of aromatic nitrogens is 3. The van der Waals surface area contributed by atoms with E-state index in [1.165, 1.54) is 0 Å². The summed E-state index contributed by atoms with van der Waals surface area (Å²) in [7, 11) is 0. The molecule has 0 bridgehead atoms. The molecule has 0 spiro atoms. The fraction of sp³-hybridized carbons (Fsp3) is 0.0455. The van der Waals surface area contributed by atoms with Crippen molar-refractivity contribution in [1.29, 1.82) is 0 Å². The first-order valence-corrected chi connectivity index (χ1v) is 8.80. The summed E-state index contributed by atoms with van der Waals surface area (Å²) in [6, 6.07) is 22.0. The van der Waals surface area contributed by atoms with Gasteiger partial charge in [-0.25, -0.2) is 0 Å². The number of carbonyl (C=O) groups excluding carboxylic acids is 1. The Kier molecular flexibility index (Phi) is 4.84. The second-order valence-electron chi connectivity index (χ2n) is 6.27. The van der Waals surface area contributed by atoms with Crippen molar-refractivity contribution in [1.82, 2.24) is 14.8 Å². The molecule has 28 heavy (non-hydrogen) atoms. The summed E-state index contributed by atoms with van der Waals surface area (Å²) < 4.78 is 7.58. The van der Waals surface area contributed by atoms with Gasteiger partial charge in [-0.3, -0.25) is 4.79 Å². The number of rotatable bonds is 5. The van der Waals surface area contributed by atoms with Crippen LogP contribution in [0.5, 0.6) is 11.6 Å². The van der Waals surface area contributed by atoms with Crippen LogP contribution in [-0.4, -0.2) is 20.7 Å². The van der Waals surface area contributed by atoms with Crippen LogP contribution in [0.1, 0.15) is 15.9 Å². The van der Waals surface area contributed by atoms with Crippen molar-refractivity contribution < 1.29 is 9.53 Å². The number of nitrogens with one attached hydrogen (secondary N) is 1. The van der Waals surface area contributed by atoms with Gasteiger partial charge in [0.15, 0.2) is 5.82 Å². The number of benzene rings is 2. The van der Waals surface area contributed by atoms with Gasteiger partial charge in [0.1, 0.15) is 5.75 Å². The maximum atomic E-state index is 12.3. The number of aryl methyl sites for hydroxylation is 1. The molecular weight excluding hydrogens is 352 g/mol. The number of amides is 1. The Morgan fingerprint density at radius 3 is 2.25 bits per heavy atom. The van der Waals surface area contributed by atoms with Gasteiger partial charge in [0, 0.05) is 29.7 Å². The van der Waals surface area contributed by atoms with Crippen molar-refractivity contribution in [3.05, 3.63) is 96.3 Å². The Morgan fingerprint density at radius 1 is 0.893 bits per heavy atom. The first-order chi connectivity index (χ1) is 13.7. The van der Waals surface area contributed by atoms with Crippen molar-refractivity contribution in [2.45, 2.75) is 6.92 Å². The molecular formula is C22H18N4O2. The molecule has 2 heterocycles. The monoisotopic (exact) mass is 370 g/mol. The molecule has 0 saturated heterocycles. The molecule has 0 aliphatic rings. The maximum Gasteiger partial charge on any atom is 0.255 e. The summed E-state index contributed by atoms with van der Waals surface area (Å²) in [5.41, 5.74) is 2.42. The van der Waals surface area contributed by atoms with Gasteiger partial charge in [-0.05, 0) is 61.5 Å². The normalized spacial score (nSPS) is 10.5. The van der Waals surface area contributed by atoms with Crippen LogP contribution >= 0.6 is 0 Å². The molecule has 6 nitrogen and oxygen atoms in total. The van der Waals surface area contributed by atoms with Crippen LogP contribution in [-0.2, 0) is 0 Å². The fourth-order valence-electron chi connectivity index (χ4n) is 2.63. The summed E-state index contributed by atoms with van der Waals surface area (Å²) in [5.74, 6) is 1.57. The van der Waals surface area contributed by atoms with Gasteiger partial charge >= 0.3 is 0 Å². The second-order valence-corrected chi connectivity index (χ2v) is 6.27. The molecule has 2 aromatic carbocycles. The van der Waals surface area contributed by atoms with E-state index in [0.29, 0.717) is 28.7 Å². The van der Waals surface area contributed by atoms with Crippen molar-refractivity contribution in [3.63, 3.8) is 0 Å². The minimum Gasteiger partial charge on any atom is -0.438 e. The Balaban J connectivity index is 1.39. The lowest BCUT2D eigenvalue weighted by Crippen LogP contribution is -2.11. The van der Waals surface area contributed by atoms with Crippen molar-refractivity contribution in [3.8, 4) is 17.4 Å². The van der Waals surface area contributed by atoms with E-state index in [1.807, 2.05) is 54.2 Å². The van der Waals surface area contributed by atoms with Crippen LogP contribution in [0.2, 0.25) is 0 Å². The lowest BCUT2D eigenvalue weighted by Gasteiger charge is -2.08. The van der Waals surface area contributed by atoms with Crippen LogP contribution in [0.15, 0.2) is 85.2 Å². The van der Waals surface area contributed by atoms with E-state index < -0.39 is 0 Å². The summed E-state index contributed by atoms with van der Waals surface area (Å²) in [4.78, 5) is 12.3. The Bertz CT molecular complexity index is 1060. The molecule has 0 atom stereocenters. The SMILES string of the molecule is Cc1ccc(C(=O)Nc2ccc(Oc3ccc(-n4cccc4)nn3)cc2)cc1. The van der Waals surface area contributed by atoms with Crippen LogP contribution in [0, 0.1) is 6.92 Å². The van der Waals surface area contributed by atoms with Crippen molar-refractivity contribution >= 4 is 11.6 Å². The Morgan fingerprint density at radius 2 is 1.61 bits per heavy atom. The molecule has 0 saturated carbocycles. The van der Waals surface area contributed by atoms with E-state index in [9.17, 15) is 4.79 Å². The number of carbonyl (C=O) groups is 1. The smallest absolute Gasteiger partial charge is 0.255 e. The van der Waals surface area contributed by atoms with Gasteiger partial charge in [-0.15, -0.1) is 10.2 Å². The number of ether oxygens (including phenoxy) is 1. The highest BCUT2D eigenvalue weighted by atomic mass is 16.5. The standard InChI is InChI=1S/C22H18N4O2/c1-16-4-6-17(7-5-16)22(27)23-18-8-10-19(11-9-18)28-21-13-12-20(24-25-21)26-14-2-3-15-26/h2-15H,1H3,(H,23,27). The van der Waals surface area contributed by atoms with Gasteiger partial charge in [0.2, 0.25) is 5.88 Å². The first-order valence-electron chi connectivity index (χ1n) is 8.80. The molecule has 0 unspecified atom stereocenters. The highest BCUT2D eigenvalue weighted by Gasteiger charge is 2.06. The lowest BCUT2D eigenvalue weighted by atomic mass is 10.1. The molecule has 0 radical (unpaired) electrons. The van der Waals surface area contributed by atoms with Gasteiger partial charge in [-0.2, -0.15) is 0 Å². The molecule has 2 aromatic heterocycles.